The average molecular weight is 665 g/mol. The van der Waals surface area contributed by atoms with Crippen molar-refractivity contribution in [3.63, 3.8) is 0 Å². The van der Waals surface area contributed by atoms with Crippen molar-refractivity contribution in [2.75, 3.05) is 17.1 Å². The summed E-state index contributed by atoms with van der Waals surface area (Å²) < 4.78 is 54.2. The molecular weight excluding hydrogens is 628 g/mol. The number of nitrogens with one attached hydrogen (secondary N) is 1. The Hall–Kier alpha value is -3.31. The number of benzene rings is 3. The smallest absolute Gasteiger partial charge is 0.243 e. The molecule has 0 aliphatic rings. The van der Waals surface area contributed by atoms with E-state index in [1.54, 1.807) is 0 Å². The van der Waals surface area contributed by atoms with Crippen LogP contribution in [0, 0.1) is 11.6 Å². The molecule has 3 rings (SSSR count). The molecule has 42 heavy (non-hydrogen) atoms. The van der Waals surface area contributed by atoms with Gasteiger partial charge in [0, 0.05) is 42.5 Å². The molecule has 0 unspecified atom stereocenters. The van der Waals surface area contributed by atoms with E-state index in [0.29, 0.717) is 0 Å². The molecule has 3 aromatic carbocycles. The second-order valence-electron chi connectivity index (χ2n) is 10.2. The molecular formula is C31H36BrF2N3O4S. The van der Waals surface area contributed by atoms with Crippen LogP contribution in [0.1, 0.15) is 44.2 Å². The topological polar surface area (TPSA) is 86.8 Å². The fraction of sp³-hybridized carbons (Fsp3) is 0.355. The average Bonchev–Trinajstić information content (AvgIpc) is 2.95. The molecule has 226 valence electrons. The van der Waals surface area contributed by atoms with Crippen molar-refractivity contribution in [3.05, 3.63) is 100 Å². The first-order valence-electron chi connectivity index (χ1n) is 13.7. The maximum absolute atomic E-state index is 13.9. The Morgan fingerprint density at radius 1 is 0.952 bits per heavy atom. The van der Waals surface area contributed by atoms with E-state index in [0.717, 1.165) is 44.7 Å². The van der Waals surface area contributed by atoms with Crippen LogP contribution in [0.2, 0.25) is 0 Å². The highest BCUT2D eigenvalue weighted by Crippen LogP contribution is 2.22. The van der Waals surface area contributed by atoms with E-state index in [-0.39, 0.29) is 55.9 Å². The van der Waals surface area contributed by atoms with E-state index in [9.17, 15) is 26.8 Å². The van der Waals surface area contributed by atoms with Crippen LogP contribution in [0.25, 0.3) is 0 Å². The molecule has 0 fully saturated rings. The molecule has 0 aliphatic carbocycles. The van der Waals surface area contributed by atoms with Gasteiger partial charge in [-0.1, -0.05) is 65.3 Å². The quantitative estimate of drug-likeness (QED) is 0.235. The number of rotatable bonds is 14. The predicted molar refractivity (Wildman–Crippen MR) is 164 cm³/mol. The number of hydrogen-bond donors (Lipinski definition) is 1. The number of amides is 2. The van der Waals surface area contributed by atoms with E-state index in [4.69, 9.17) is 0 Å². The predicted octanol–water partition coefficient (Wildman–Crippen LogP) is 5.83. The van der Waals surface area contributed by atoms with Gasteiger partial charge in [-0.05, 0) is 55.2 Å². The van der Waals surface area contributed by atoms with Gasteiger partial charge in [0.25, 0.3) is 0 Å². The van der Waals surface area contributed by atoms with Gasteiger partial charge in [-0.3, -0.25) is 13.9 Å². The van der Waals surface area contributed by atoms with Gasteiger partial charge in [-0.15, -0.1) is 0 Å². The number of anilines is 1. The third-order valence-electron chi connectivity index (χ3n) is 6.88. The summed E-state index contributed by atoms with van der Waals surface area (Å²) in [5.41, 5.74) is 1.67. The van der Waals surface area contributed by atoms with Crippen LogP contribution >= 0.6 is 15.9 Å². The number of carbonyl (C=O) groups is 2. The molecule has 7 nitrogen and oxygen atoms in total. The number of halogens is 3. The summed E-state index contributed by atoms with van der Waals surface area (Å²) in [6.07, 6.45) is 1.98. The molecule has 2 atom stereocenters. The minimum absolute atomic E-state index is 0.0366. The molecule has 0 aliphatic heterocycles. The third-order valence-corrected chi connectivity index (χ3v) is 8.60. The first-order valence-corrected chi connectivity index (χ1v) is 16.3. The summed E-state index contributed by atoms with van der Waals surface area (Å²) in [6, 6.07) is 18.8. The lowest BCUT2D eigenvalue weighted by Gasteiger charge is -2.32. The summed E-state index contributed by atoms with van der Waals surface area (Å²) in [7, 11) is -3.85. The van der Waals surface area contributed by atoms with Crippen molar-refractivity contribution >= 4 is 43.5 Å². The van der Waals surface area contributed by atoms with E-state index in [1.165, 1.54) is 11.0 Å². The normalized spacial score (nSPS) is 12.8. The molecule has 3 aromatic rings. The lowest BCUT2D eigenvalue weighted by molar-refractivity contribution is -0.141. The fourth-order valence-corrected chi connectivity index (χ4v) is 5.65. The lowest BCUT2D eigenvalue weighted by Crippen LogP contribution is -2.52. The van der Waals surface area contributed by atoms with E-state index in [1.807, 2.05) is 68.4 Å². The van der Waals surface area contributed by atoms with Crippen LogP contribution in [-0.2, 0) is 32.6 Å². The highest BCUT2D eigenvalue weighted by atomic mass is 79.9. The number of hydrogen-bond acceptors (Lipinski definition) is 4. The molecule has 2 amide bonds. The maximum Gasteiger partial charge on any atom is 0.243 e. The Morgan fingerprint density at radius 2 is 1.62 bits per heavy atom. The number of nitrogens with zero attached hydrogens (tertiary/aromatic N) is 2. The van der Waals surface area contributed by atoms with Crippen LogP contribution < -0.4 is 9.62 Å². The van der Waals surface area contributed by atoms with Crippen LogP contribution in [-0.4, -0.2) is 50.0 Å². The Labute approximate surface area is 255 Å². The molecule has 0 radical (unpaired) electrons. The lowest BCUT2D eigenvalue weighted by atomic mass is 10.0. The minimum Gasteiger partial charge on any atom is -0.352 e. The van der Waals surface area contributed by atoms with Crippen molar-refractivity contribution in [3.8, 4) is 0 Å². The van der Waals surface area contributed by atoms with Gasteiger partial charge in [-0.25, -0.2) is 17.2 Å². The van der Waals surface area contributed by atoms with Crippen molar-refractivity contribution < 1.29 is 26.8 Å². The van der Waals surface area contributed by atoms with Crippen LogP contribution in [0.3, 0.4) is 0 Å². The van der Waals surface area contributed by atoms with Crippen molar-refractivity contribution in [2.24, 2.45) is 0 Å². The monoisotopic (exact) mass is 663 g/mol. The molecule has 0 bridgehead atoms. The van der Waals surface area contributed by atoms with Crippen molar-refractivity contribution in [1.29, 1.82) is 0 Å². The highest BCUT2D eigenvalue weighted by Gasteiger charge is 2.31. The zero-order chi connectivity index (χ0) is 30.9. The SMILES string of the molecule is CC[C@H](C)NC(=O)[C@H](Cc1ccccc1)N(Cc1ccc(Br)cc1)C(=O)CCCN(c1ccc(F)c(F)c1)S(C)(=O)=O. The largest absolute Gasteiger partial charge is 0.352 e. The summed E-state index contributed by atoms with van der Waals surface area (Å²) >= 11 is 3.42. The van der Waals surface area contributed by atoms with Gasteiger partial charge in [0.15, 0.2) is 11.6 Å². The van der Waals surface area contributed by atoms with Gasteiger partial charge in [-0.2, -0.15) is 0 Å². The van der Waals surface area contributed by atoms with Crippen molar-refractivity contribution in [2.45, 2.75) is 58.2 Å². The van der Waals surface area contributed by atoms with Crippen LogP contribution in [0.4, 0.5) is 14.5 Å². The second-order valence-corrected chi connectivity index (χ2v) is 13.0. The number of sulfonamides is 1. The summed E-state index contributed by atoms with van der Waals surface area (Å²) in [5, 5.41) is 3.01. The Balaban J connectivity index is 1.89. The minimum atomic E-state index is -3.85. The first kappa shape index (κ1) is 33.2. The first-order chi connectivity index (χ1) is 19.9. The van der Waals surface area contributed by atoms with Gasteiger partial charge < -0.3 is 10.2 Å². The van der Waals surface area contributed by atoms with Gasteiger partial charge in [0.2, 0.25) is 21.8 Å². The Bertz CT molecular complexity index is 1460. The van der Waals surface area contributed by atoms with E-state index >= 15 is 0 Å². The van der Waals surface area contributed by atoms with E-state index in [2.05, 4.69) is 21.2 Å². The number of carbonyl (C=O) groups excluding carboxylic acids is 2. The zero-order valence-corrected chi connectivity index (χ0v) is 26.3. The maximum atomic E-state index is 13.9. The summed E-state index contributed by atoms with van der Waals surface area (Å²) in [5.74, 6) is -2.88. The standard InChI is InChI=1S/C31H36BrF2N3O4S/c1-4-22(2)35-31(39)29(19-23-9-6-5-7-10-23)36(21-24-12-14-25(32)15-13-24)30(38)11-8-18-37(42(3,40)41)26-16-17-27(33)28(34)20-26/h5-7,9-10,12-17,20,22,29H,4,8,11,18-19,21H2,1-3H3,(H,35,39)/t22-,29-/m0/s1. The molecule has 0 saturated heterocycles. The van der Waals surface area contributed by atoms with Crippen LogP contribution in [0.15, 0.2) is 77.3 Å². The molecule has 1 N–H and O–H groups in total. The van der Waals surface area contributed by atoms with Crippen LogP contribution in [0.5, 0.6) is 0 Å². The molecule has 0 spiro atoms. The summed E-state index contributed by atoms with van der Waals surface area (Å²) in [4.78, 5) is 29.0. The third kappa shape index (κ3) is 9.62. The molecule has 11 heteroatoms. The second kappa shape index (κ2) is 15.2. The van der Waals surface area contributed by atoms with Gasteiger partial charge in [0.1, 0.15) is 6.04 Å². The summed E-state index contributed by atoms with van der Waals surface area (Å²) in [6.45, 7) is 3.89. The van der Waals surface area contributed by atoms with Gasteiger partial charge in [0.05, 0.1) is 11.9 Å². The highest BCUT2D eigenvalue weighted by molar-refractivity contribution is 9.10. The fourth-order valence-electron chi connectivity index (χ4n) is 4.43. The Morgan fingerprint density at radius 3 is 2.21 bits per heavy atom. The van der Waals surface area contributed by atoms with Crippen molar-refractivity contribution in [1.82, 2.24) is 10.2 Å². The van der Waals surface area contributed by atoms with Gasteiger partial charge >= 0.3 is 0 Å². The molecule has 0 aromatic heterocycles. The van der Waals surface area contributed by atoms with E-state index < -0.39 is 27.7 Å². The Kier molecular flexibility index (Phi) is 12.0. The zero-order valence-electron chi connectivity index (χ0n) is 23.9. The molecule has 0 saturated carbocycles. The molecule has 0 heterocycles.